The molecule has 10 nitrogen and oxygen atoms in total. The summed E-state index contributed by atoms with van der Waals surface area (Å²) in [4.78, 5) is 36.5. The van der Waals surface area contributed by atoms with Gasteiger partial charge in [-0.1, -0.05) is 0 Å². The van der Waals surface area contributed by atoms with E-state index in [0.717, 1.165) is 31.5 Å². The first-order valence-corrected chi connectivity index (χ1v) is 10.4. The maximum absolute atomic E-state index is 13.0. The molecule has 0 saturated carbocycles. The van der Waals surface area contributed by atoms with Gasteiger partial charge in [-0.3, -0.25) is 15.0 Å². The number of aliphatic hydroxyl groups is 1. The molecule has 10 heteroatoms. The Morgan fingerprint density at radius 1 is 1.44 bits per heavy atom. The molecule has 166 valence electrons. The van der Waals surface area contributed by atoms with Gasteiger partial charge in [-0.2, -0.15) is 5.26 Å². The van der Waals surface area contributed by atoms with Gasteiger partial charge in [0.25, 0.3) is 0 Å². The van der Waals surface area contributed by atoms with Crippen molar-refractivity contribution in [2.75, 3.05) is 36.9 Å². The van der Waals surface area contributed by atoms with Crippen molar-refractivity contribution >= 4 is 24.0 Å². The predicted molar refractivity (Wildman–Crippen MR) is 116 cm³/mol. The fourth-order valence-electron chi connectivity index (χ4n) is 4.02. The highest BCUT2D eigenvalue weighted by atomic mass is 16.5. The van der Waals surface area contributed by atoms with Crippen LogP contribution in [0.25, 0.3) is 0 Å². The molecule has 2 aliphatic heterocycles. The molecule has 32 heavy (non-hydrogen) atoms. The summed E-state index contributed by atoms with van der Waals surface area (Å²) in [6.07, 6.45) is 4.20. The Morgan fingerprint density at radius 3 is 2.97 bits per heavy atom. The number of nitriles is 1. The van der Waals surface area contributed by atoms with E-state index in [1.807, 2.05) is 7.05 Å². The number of hydrogen-bond donors (Lipinski definition) is 2. The van der Waals surface area contributed by atoms with E-state index in [-0.39, 0.29) is 24.2 Å². The molecule has 1 saturated heterocycles. The number of aliphatic hydroxyl groups excluding tert-OH is 1. The maximum atomic E-state index is 13.0. The number of carbonyl (C=O) groups is 2. The van der Waals surface area contributed by atoms with Gasteiger partial charge in [0.1, 0.15) is 40.8 Å². The van der Waals surface area contributed by atoms with Crippen molar-refractivity contribution in [1.82, 2.24) is 14.9 Å². The van der Waals surface area contributed by atoms with Gasteiger partial charge in [-0.05, 0) is 37.9 Å². The van der Waals surface area contributed by atoms with E-state index in [9.17, 15) is 20.0 Å². The molecule has 1 atom stereocenters. The van der Waals surface area contributed by atoms with Crippen LogP contribution in [0.2, 0.25) is 0 Å². The van der Waals surface area contributed by atoms with Crippen LogP contribution in [0, 0.1) is 11.3 Å². The van der Waals surface area contributed by atoms with Gasteiger partial charge in [-0.15, -0.1) is 0 Å². The Balaban J connectivity index is 1.55. The number of carbonyl (C=O) groups excluding carboxylic acids is 2. The standard InChI is InChI=1S/C22H24N6O4/c1-27-6-4-17(11-27)32-19-8-20(24-10-16(19)9-23)26-22(31)28-5-2-3-14-7-15(12-29)18(13-30)25-21(14)28/h7-8,10,13,17,29H,2-6,11-12H2,1H3,(H,24,26,31)/t17-/m0/s1. The molecule has 1 fully saturated rings. The number of amides is 2. The van der Waals surface area contributed by atoms with E-state index in [4.69, 9.17) is 4.74 Å². The lowest BCUT2D eigenvalue weighted by Crippen LogP contribution is -2.39. The van der Waals surface area contributed by atoms with Gasteiger partial charge >= 0.3 is 6.03 Å². The van der Waals surface area contributed by atoms with Crippen LogP contribution in [0.15, 0.2) is 18.3 Å². The first kappa shape index (κ1) is 21.7. The average Bonchev–Trinajstić information content (AvgIpc) is 3.22. The van der Waals surface area contributed by atoms with Gasteiger partial charge in [0, 0.05) is 31.3 Å². The van der Waals surface area contributed by atoms with E-state index in [0.29, 0.717) is 41.9 Å². The fraction of sp³-hybridized carbons (Fsp3) is 0.409. The molecule has 2 aromatic heterocycles. The van der Waals surface area contributed by atoms with Crippen LogP contribution in [0.4, 0.5) is 16.4 Å². The number of fused-ring (bicyclic) bond motifs is 1. The Kier molecular flexibility index (Phi) is 6.30. The second-order valence-corrected chi connectivity index (χ2v) is 7.95. The van der Waals surface area contributed by atoms with Crippen molar-refractivity contribution < 1.29 is 19.4 Å². The minimum absolute atomic E-state index is 0.0290. The van der Waals surface area contributed by atoms with Gasteiger partial charge in [0.05, 0.1) is 12.8 Å². The lowest BCUT2D eigenvalue weighted by Gasteiger charge is -2.29. The molecule has 2 amide bonds. The number of hydrogen-bond acceptors (Lipinski definition) is 8. The number of pyridine rings is 2. The van der Waals surface area contributed by atoms with Gasteiger partial charge < -0.3 is 14.7 Å². The second-order valence-electron chi connectivity index (χ2n) is 7.95. The summed E-state index contributed by atoms with van der Waals surface area (Å²) >= 11 is 0. The molecule has 0 aromatic carbocycles. The molecule has 0 spiro atoms. The van der Waals surface area contributed by atoms with Gasteiger partial charge in [0.15, 0.2) is 6.29 Å². The van der Waals surface area contributed by atoms with Crippen molar-refractivity contribution in [2.24, 2.45) is 0 Å². The third-order valence-electron chi connectivity index (χ3n) is 5.66. The number of nitrogens with one attached hydrogen (secondary N) is 1. The van der Waals surface area contributed by atoms with Crippen LogP contribution in [0.3, 0.4) is 0 Å². The van der Waals surface area contributed by atoms with Crippen molar-refractivity contribution in [3.8, 4) is 11.8 Å². The zero-order valence-corrected chi connectivity index (χ0v) is 17.7. The topological polar surface area (TPSA) is 132 Å². The quantitative estimate of drug-likeness (QED) is 0.677. The second kappa shape index (κ2) is 9.30. The minimum atomic E-state index is -0.448. The van der Waals surface area contributed by atoms with E-state index < -0.39 is 6.03 Å². The van der Waals surface area contributed by atoms with Crippen molar-refractivity contribution in [3.05, 3.63) is 40.7 Å². The SMILES string of the molecule is CN1CC[C@H](Oc2cc(NC(=O)N3CCCc4cc(CO)c(C=O)nc43)ncc2C#N)C1. The van der Waals surface area contributed by atoms with E-state index >= 15 is 0 Å². The first-order chi connectivity index (χ1) is 15.5. The number of aromatic nitrogens is 2. The van der Waals surface area contributed by atoms with Gasteiger partial charge in [0.2, 0.25) is 0 Å². The molecule has 2 aliphatic rings. The molecule has 4 rings (SSSR count). The first-order valence-electron chi connectivity index (χ1n) is 10.4. The maximum Gasteiger partial charge on any atom is 0.328 e. The van der Waals surface area contributed by atoms with Gasteiger partial charge in [-0.25, -0.2) is 14.8 Å². The molecule has 2 aromatic rings. The number of rotatable bonds is 5. The number of nitrogens with zero attached hydrogens (tertiary/aromatic N) is 5. The number of ether oxygens (including phenoxy) is 1. The molecule has 0 bridgehead atoms. The summed E-state index contributed by atoms with van der Waals surface area (Å²) in [6.45, 7) is 1.81. The summed E-state index contributed by atoms with van der Waals surface area (Å²) in [5, 5.41) is 21.6. The van der Waals surface area contributed by atoms with E-state index in [1.165, 1.54) is 11.1 Å². The predicted octanol–water partition coefficient (Wildman–Crippen LogP) is 1.72. The third-order valence-corrected chi connectivity index (χ3v) is 5.66. The van der Waals surface area contributed by atoms with Crippen LogP contribution in [-0.2, 0) is 13.0 Å². The summed E-state index contributed by atoms with van der Waals surface area (Å²) in [5.41, 5.74) is 1.65. The molecule has 0 aliphatic carbocycles. The van der Waals surface area contributed by atoms with Crippen LogP contribution in [-0.4, -0.2) is 65.1 Å². The number of urea groups is 1. The molecule has 0 radical (unpaired) electrons. The molecule has 4 heterocycles. The summed E-state index contributed by atoms with van der Waals surface area (Å²) in [6, 6.07) is 4.90. The van der Waals surface area contributed by atoms with Crippen LogP contribution >= 0.6 is 0 Å². The monoisotopic (exact) mass is 436 g/mol. The van der Waals surface area contributed by atoms with Crippen molar-refractivity contribution in [1.29, 1.82) is 5.26 Å². The highest BCUT2D eigenvalue weighted by Crippen LogP contribution is 2.29. The molecule has 2 N–H and O–H groups in total. The smallest absolute Gasteiger partial charge is 0.328 e. The summed E-state index contributed by atoms with van der Waals surface area (Å²) in [5.74, 6) is 1.03. The number of aryl methyl sites for hydroxylation is 1. The fourth-order valence-corrected chi connectivity index (χ4v) is 4.02. The minimum Gasteiger partial charge on any atom is -0.487 e. The normalized spacial score (nSPS) is 18.0. The summed E-state index contributed by atoms with van der Waals surface area (Å²) in [7, 11) is 2.01. The lowest BCUT2D eigenvalue weighted by molar-refractivity contribution is 0.111. The zero-order chi connectivity index (χ0) is 22.7. The Bertz CT molecular complexity index is 1080. The molecular weight excluding hydrogens is 412 g/mol. The average molecular weight is 436 g/mol. The number of likely N-dealkylation sites (N-methyl/N-ethyl adjacent to an activating group) is 1. The zero-order valence-electron chi connectivity index (χ0n) is 17.7. The number of aldehydes is 1. The van der Waals surface area contributed by atoms with Crippen molar-refractivity contribution in [3.63, 3.8) is 0 Å². The van der Waals surface area contributed by atoms with E-state index in [2.05, 4.69) is 26.3 Å². The molecular formula is C22H24N6O4. The number of likely N-dealkylation sites (tertiary alicyclic amines) is 1. The van der Waals surface area contributed by atoms with Crippen LogP contribution in [0.5, 0.6) is 5.75 Å². The molecule has 0 unspecified atom stereocenters. The Hall–Kier alpha value is -3.55. The highest BCUT2D eigenvalue weighted by molar-refractivity contribution is 6.01. The highest BCUT2D eigenvalue weighted by Gasteiger charge is 2.27. The third kappa shape index (κ3) is 4.39. The lowest BCUT2D eigenvalue weighted by atomic mass is 10.0. The Labute approximate surface area is 185 Å². The van der Waals surface area contributed by atoms with Crippen LogP contribution < -0.4 is 15.0 Å². The Morgan fingerprint density at radius 2 is 2.28 bits per heavy atom. The van der Waals surface area contributed by atoms with Crippen LogP contribution in [0.1, 0.15) is 40.0 Å². The van der Waals surface area contributed by atoms with E-state index in [1.54, 1.807) is 12.1 Å². The number of anilines is 2. The largest absolute Gasteiger partial charge is 0.487 e. The summed E-state index contributed by atoms with van der Waals surface area (Å²) < 4.78 is 6.00. The van der Waals surface area contributed by atoms with Crippen molar-refractivity contribution in [2.45, 2.75) is 32.0 Å².